The summed E-state index contributed by atoms with van der Waals surface area (Å²) in [6, 6.07) is 11.2. The molecular weight excluding hydrogens is 280 g/mol. The normalized spacial score (nSPS) is 12.7. The van der Waals surface area contributed by atoms with Gasteiger partial charge in [-0.2, -0.15) is 5.10 Å². The summed E-state index contributed by atoms with van der Waals surface area (Å²) in [5.74, 6) is -0.761. The van der Waals surface area contributed by atoms with Crippen LogP contribution in [0.4, 0.5) is 0 Å². The molecule has 0 radical (unpaired) electrons. The molecule has 0 spiro atoms. The summed E-state index contributed by atoms with van der Waals surface area (Å²) in [6.45, 7) is 6.51. The molecule has 0 fully saturated rings. The highest BCUT2D eigenvalue weighted by atomic mass is 16.6. The van der Waals surface area contributed by atoms with Crippen LogP contribution in [0, 0.1) is 0 Å². The van der Waals surface area contributed by atoms with E-state index in [1.54, 1.807) is 30.8 Å². The molecule has 1 aromatic heterocycles. The van der Waals surface area contributed by atoms with Gasteiger partial charge in [0.2, 0.25) is 0 Å². The molecule has 0 aliphatic heterocycles. The van der Waals surface area contributed by atoms with Gasteiger partial charge in [-0.05, 0) is 39.3 Å². The number of hydrogen-bond acceptors (Lipinski definition) is 4. The number of hydrogen-bond donors (Lipinski definition) is 0. The Hall–Kier alpha value is -2.43. The lowest BCUT2D eigenvalue weighted by Gasteiger charge is -2.23. The van der Waals surface area contributed by atoms with Crippen LogP contribution in [0.5, 0.6) is 0 Å². The average molecular weight is 300 g/mol. The molecule has 2 rings (SSSR count). The Bertz CT molecular complexity index is 674. The molecule has 0 saturated carbocycles. The van der Waals surface area contributed by atoms with E-state index < -0.39 is 11.6 Å². The number of esters is 1. The van der Waals surface area contributed by atoms with Crippen molar-refractivity contribution < 1.29 is 14.3 Å². The second-order valence-electron chi connectivity index (χ2n) is 5.70. The van der Waals surface area contributed by atoms with Gasteiger partial charge >= 0.3 is 5.97 Å². The summed E-state index contributed by atoms with van der Waals surface area (Å²) in [5, 5.41) is 4.22. The van der Waals surface area contributed by atoms with Crippen molar-refractivity contribution in [1.82, 2.24) is 9.78 Å². The Kier molecular flexibility index (Phi) is 4.45. The maximum atomic E-state index is 12.3. The van der Waals surface area contributed by atoms with Crippen molar-refractivity contribution in [3.63, 3.8) is 0 Å². The molecule has 1 atom stereocenters. The van der Waals surface area contributed by atoms with Gasteiger partial charge in [-0.25, -0.2) is 4.79 Å². The summed E-state index contributed by atoms with van der Waals surface area (Å²) in [6.07, 6.45) is 1.55. The number of Topliss-reactive ketones (excluding diaryl/α,β-unsaturated/α-hetero) is 1. The highest BCUT2D eigenvalue weighted by Gasteiger charge is 2.30. The van der Waals surface area contributed by atoms with E-state index in [4.69, 9.17) is 4.74 Å². The summed E-state index contributed by atoms with van der Waals surface area (Å²) in [4.78, 5) is 23.9. The molecule has 0 aliphatic rings. The fourth-order valence-electron chi connectivity index (χ4n) is 2.01. The number of carbonyl (C=O) groups is 2. The molecule has 2 aromatic rings. The molecule has 0 unspecified atom stereocenters. The second-order valence-corrected chi connectivity index (χ2v) is 5.70. The molecule has 5 nitrogen and oxygen atoms in total. The van der Waals surface area contributed by atoms with Crippen LogP contribution in [-0.2, 0) is 9.53 Å². The number of benzene rings is 1. The van der Waals surface area contributed by atoms with Crippen LogP contribution in [0.25, 0.3) is 0 Å². The Morgan fingerprint density at radius 3 is 2.41 bits per heavy atom. The first kappa shape index (κ1) is 15.9. The van der Waals surface area contributed by atoms with E-state index in [0.717, 1.165) is 5.56 Å². The van der Waals surface area contributed by atoms with E-state index in [0.29, 0.717) is 5.69 Å². The Balaban J connectivity index is 2.26. The SMILES string of the molecule is CC(=O)C(C)(C)OC(=O)c1ccnn1[C@H](C)c1ccccc1. The predicted octanol–water partition coefficient (Wildman–Crippen LogP) is 3.02. The van der Waals surface area contributed by atoms with Gasteiger partial charge in [0.1, 0.15) is 5.69 Å². The maximum Gasteiger partial charge on any atom is 0.357 e. The van der Waals surface area contributed by atoms with Gasteiger partial charge in [0.05, 0.1) is 6.04 Å². The molecule has 0 amide bonds. The zero-order valence-electron chi connectivity index (χ0n) is 13.2. The summed E-state index contributed by atoms with van der Waals surface area (Å²) in [5.41, 5.74) is 0.207. The summed E-state index contributed by atoms with van der Waals surface area (Å²) < 4.78 is 6.93. The van der Waals surface area contributed by atoms with Gasteiger partial charge in [0.25, 0.3) is 0 Å². The molecule has 116 valence electrons. The van der Waals surface area contributed by atoms with Gasteiger partial charge < -0.3 is 4.74 Å². The fourth-order valence-corrected chi connectivity index (χ4v) is 2.01. The first-order valence-corrected chi connectivity index (χ1v) is 7.16. The van der Waals surface area contributed by atoms with Crippen LogP contribution in [0.3, 0.4) is 0 Å². The van der Waals surface area contributed by atoms with Gasteiger partial charge in [-0.1, -0.05) is 30.3 Å². The average Bonchev–Trinajstić information content (AvgIpc) is 2.96. The molecule has 0 bridgehead atoms. The van der Waals surface area contributed by atoms with Crippen LogP contribution in [-0.4, -0.2) is 27.1 Å². The van der Waals surface area contributed by atoms with Gasteiger partial charge in [-0.3, -0.25) is 9.48 Å². The monoisotopic (exact) mass is 300 g/mol. The maximum absolute atomic E-state index is 12.3. The minimum atomic E-state index is -1.15. The quantitative estimate of drug-likeness (QED) is 0.796. The third kappa shape index (κ3) is 3.24. The minimum Gasteiger partial charge on any atom is -0.447 e. The van der Waals surface area contributed by atoms with Crippen LogP contribution >= 0.6 is 0 Å². The van der Waals surface area contributed by atoms with E-state index in [1.165, 1.54) is 6.92 Å². The number of ketones is 1. The second kappa shape index (κ2) is 6.13. The van der Waals surface area contributed by atoms with Crippen molar-refractivity contribution in [2.75, 3.05) is 0 Å². The Labute approximate surface area is 129 Å². The van der Waals surface area contributed by atoms with Crippen molar-refractivity contribution in [2.45, 2.75) is 39.3 Å². The van der Waals surface area contributed by atoms with E-state index in [2.05, 4.69) is 5.10 Å². The number of aromatic nitrogens is 2. The van der Waals surface area contributed by atoms with E-state index in [1.807, 2.05) is 37.3 Å². The first-order valence-electron chi connectivity index (χ1n) is 7.16. The lowest BCUT2D eigenvalue weighted by atomic mass is 10.1. The molecular formula is C17H20N2O3. The zero-order valence-corrected chi connectivity index (χ0v) is 13.2. The highest BCUT2D eigenvalue weighted by molar-refractivity contribution is 5.92. The largest absolute Gasteiger partial charge is 0.447 e. The number of rotatable bonds is 5. The van der Waals surface area contributed by atoms with Crippen LogP contribution in [0.1, 0.15) is 49.8 Å². The van der Waals surface area contributed by atoms with Crippen LogP contribution < -0.4 is 0 Å². The molecule has 1 aromatic carbocycles. The molecule has 0 N–H and O–H groups in total. The van der Waals surface area contributed by atoms with E-state index in [-0.39, 0.29) is 11.8 Å². The third-order valence-corrected chi connectivity index (χ3v) is 3.72. The Morgan fingerprint density at radius 1 is 1.18 bits per heavy atom. The number of carbonyl (C=O) groups excluding carboxylic acids is 2. The predicted molar refractivity (Wildman–Crippen MR) is 82.7 cm³/mol. The topological polar surface area (TPSA) is 61.2 Å². The minimum absolute atomic E-state index is 0.112. The summed E-state index contributed by atoms with van der Waals surface area (Å²) in [7, 11) is 0. The molecule has 0 aliphatic carbocycles. The molecule has 0 saturated heterocycles. The molecule has 22 heavy (non-hydrogen) atoms. The third-order valence-electron chi connectivity index (χ3n) is 3.72. The van der Waals surface area contributed by atoms with Gasteiger partial charge in [0, 0.05) is 6.20 Å². The van der Waals surface area contributed by atoms with Crippen molar-refractivity contribution >= 4 is 11.8 Å². The lowest BCUT2D eigenvalue weighted by molar-refractivity contribution is -0.132. The lowest BCUT2D eigenvalue weighted by Crippen LogP contribution is -2.36. The molecule has 1 heterocycles. The van der Waals surface area contributed by atoms with E-state index >= 15 is 0 Å². The standard InChI is InChI=1S/C17H20N2O3/c1-12(14-8-6-5-7-9-14)19-15(10-11-18-19)16(21)22-17(3,4)13(2)20/h5-12H,1-4H3/t12-/m1/s1. The zero-order chi connectivity index (χ0) is 16.3. The van der Waals surface area contributed by atoms with Gasteiger partial charge in [0.15, 0.2) is 11.4 Å². The first-order chi connectivity index (χ1) is 10.3. The Morgan fingerprint density at radius 2 is 1.82 bits per heavy atom. The fraction of sp³-hybridized carbons (Fsp3) is 0.353. The summed E-state index contributed by atoms with van der Waals surface area (Å²) >= 11 is 0. The van der Waals surface area contributed by atoms with E-state index in [9.17, 15) is 9.59 Å². The number of ether oxygens (including phenoxy) is 1. The smallest absolute Gasteiger partial charge is 0.357 e. The van der Waals surface area contributed by atoms with Crippen molar-refractivity contribution in [3.05, 3.63) is 53.9 Å². The number of nitrogens with zero attached hydrogens (tertiary/aromatic N) is 2. The van der Waals surface area contributed by atoms with Crippen LogP contribution in [0.2, 0.25) is 0 Å². The highest BCUT2D eigenvalue weighted by Crippen LogP contribution is 2.21. The van der Waals surface area contributed by atoms with Crippen molar-refractivity contribution in [3.8, 4) is 0 Å². The van der Waals surface area contributed by atoms with Crippen molar-refractivity contribution in [1.29, 1.82) is 0 Å². The molecule has 5 heteroatoms. The van der Waals surface area contributed by atoms with Crippen LogP contribution in [0.15, 0.2) is 42.6 Å². The van der Waals surface area contributed by atoms with Gasteiger partial charge in [-0.15, -0.1) is 0 Å². The van der Waals surface area contributed by atoms with Crippen molar-refractivity contribution in [2.24, 2.45) is 0 Å².